The summed E-state index contributed by atoms with van der Waals surface area (Å²) in [7, 11) is 2.00. The van der Waals surface area contributed by atoms with Gasteiger partial charge in [0.2, 0.25) is 0 Å². The molecule has 0 spiro atoms. The fraction of sp³-hybridized carbons (Fsp3) is 0.381. The topological polar surface area (TPSA) is 64.7 Å². The predicted octanol–water partition coefficient (Wildman–Crippen LogP) is 0.526. The number of carbonyl (C=O) groups is 1. The molecule has 0 radical (unpaired) electrons. The number of amides is 1. The molecule has 4 rings (SSSR count). The number of hydrogen-bond donors (Lipinski definition) is 1. The van der Waals surface area contributed by atoms with Crippen LogP contribution in [0.2, 0.25) is 0 Å². The van der Waals surface area contributed by atoms with Crippen LogP contribution in [0.25, 0.3) is 11.0 Å². The lowest BCUT2D eigenvalue weighted by Crippen LogP contribution is -3.14. The predicted molar refractivity (Wildman–Crippen MR) is 106 cm³/mol. The molecule has 7 nitrogen and oxygen atoms in total. The van der Waals surface area contributed by atoms with E-state index in [0.29, 0.717) is 18.8 Å². The smallest absolute Gasteiger partial charge is 0.273 e. The minimum absolute atomic E-state index is 0.0553. The molecule has 1 aliphatic heterocycles. The van der Waals surface area contributed by atoms with Gasteiger partial charge in [0.15, 0.2) is 0 Å². The molecule has 3 heterocycles. The molecule has 0 atom stereocenters. The van der Waals surface area contributed by atoms with Crippen molar-refractivity contribution in [2.45, 2.75) is 6.54 Å². The monoisotopic (exact) mass is 380 g/mol. The molecule has 146 valence electrons. The lowest BCUT2D eigenvalue weighted by molar-refractivity contribution is -0.907. The Morgan fingerprint density at radius 1 is 1.18 bits per heavy atom. The van der Waals surface area contributed by atoms with Crippen LogP contribution in [-0.4, -0.2) is 64.7 Å². The summed E-state index contributed by atoms with van der Waals surface area (Å²) in [6.07, 6.45) is 1.66. The summed E-state index contributed by atoms with van der Waals surface area (Å²) in [4.78, 5) is 25.5. The number of quaternary nitrogens is 1. The lowest BCUT2D eigenvalue weighted by Gasteiger charge is -2.27. The van der Waals surface area contributed by atoms with E-state index in [1.54, 1.807) is 12.3 Å². The molecule has 0 aliphatic carbocycles. The van der Waals surface area contributed by atoms with Crippen LogP contribution in [0.5, 0.6) is 0 Å². The van der Waals surface area contributed by atoms with Gasteiger partial charge in [-0.05, 0) is 24.3 Å². The highest BCUT2D eigenvalue weighted by atomic mass is 16.5. The van der Waals surface area contributed by atoms with Crippen LogP contribution in [-0.2, 0) is 18.3 Å². The van der Waals surface area contributed by atoms with E-state index in [9.17, 15) is 4.79 Å². The third-order valence-electron chi connectivity index (χ3n) is 5.32. The second kappa shape index (κ2) is 8.50. The third-order valence-corrected chi connectivity index (χ3v) is 5.32. The molecule has 0 unspecified atom stereocenters. The average Bonchev–Trinajstić information content (AvgIpc) is 3.07. The fourth-order valence-electron chi connectivity index (χ4n) is 3.61. The molecule has 1 aromatic carbocycles. The normalized spacial score (nSPS) is 15.0. The molecule has 1 fully saturated rings. The summed E-state index contributed by atoms with van der Waals surface area (Å²) in [6.45, 7) is 5.56. The molecule has 28 heavy (non-hydrogen) atoms. The van der Waals surface area contributed by atoms with Crippen LogP contribution in [0.15, 0.2) is 48.7 Å². The van der Waals surface area contributed by atoms with E-state index < -0.39 is 0 Å². The number of carbonyl (C=O) groups excluding carboxylic acids is 1. The van der Waals surface area contributed by atoms with Gasteiger partial charge < -0.3 is 19.1 Å². The molecule has 7 heteroatoms. The summed E-state index contributed by atoms with van der Waals surface area (Å²) < 4.78 is 7.51. The summed E-state index contributed by atoms with van der Waals surface area (Å²) in [5, 5.41) is 0. The van der Waals surface area contributed by atoms with Gasteiger partial charge >= 0.3 is 0 Å². The maximum Gasteiger partial charge on any atom is 0.273 e. The number of aromatic nitrogens is 3. The van der Waals surface area contributed by atoms with Gasteiger partial charge in [0.05, 0.1) is 43.9 Å². The molecular weight excluding hydrogens is 354 g/mol. The first-order valence-electron chi connectivity index (χ1n) is 9.74. The summed E-state index contributed by atoms with van der Waals surface area (Å²) in [5.74, 6) is 0.822. The first kappa shape index (κ1) is 18.6. The molecule has 2 aromatic heterocycles. The summed E-state index contributed by atoms with van der Waals surface area (Å²) in [5.41, 5.74) is 2.49. The van der Waals surface area contributed by atoms with Gasteiger partial charge in [0, 0.05) is 13.2 Å². The molecule has 1 amide bonds. The third kappa shape index (κ3) is 4.05. The van der Waals surface area contributed by atoms with E-state index in [1.807, 2.05) is 42.3 Å². The van der Waals surface area contributed by atoms with E-state index in [4.69, 9.17) is 9.72 Å². The fourth-order valence-corrected chi connectivity index (χ4v) is 3.61. The number of nitrogens with one attached hydrogen (secondary N) is 1. The maximum atomic E-state index is 13.1. The number of hydrogen-bond acceptors (Lipinski definition) is 4. The van der Waals surface area contributed by atoms with Crippen molar-refractivity contribution in [3.8, 4) is 0 Å². The van der Waals surface area contributed by atoms with Gasteiger partial charge in [-0.2, -0.15) is 0 Å². The Morgan fingerprint density at radius 2 is 1.96 bits per heavy atom. The Labute approximate surface area is 164 Å². The highest BCUT2D eigenvalue weighted by Gasteiger charge is 2.22. The number of nitrogens with zero attached hydrogens (tertiary/aromatic N) is 4. The second-order valence-corrected chi connectivity index (χ2v) is 7.13. The van der Waals surface area contributed by atoms with Gasteiger partial charge in [-0.15, -0.1) is 0 Å². The van der Waals surface area contributed by atoms with Crippen LogP contribution in [0.1, 0.15) is 16.3 Å². The van der Waals surface area contributed by atoms with Gasteiger partial charge in [-0.25, -0.2) is 4.98 Å². The van der Waals surface area contributed by atoms with Crippen molar-refractivity contribution >= 4 is 16.9 Å². The van der Waals surface area contributed by atoms with Crippen LogP contribution < -0.4 is 4.90 Å². The average molecular weight is 380 g/mol. The van der Waals surface area contributed by atoms with E-state index in [-0.39, 0.29) is 5.91 Å². The Balaban J connectivity index is 1.56. The van der Waals surface area contributed by atoms with Crippen molar-refractivity contribution in [1.82, 2.24) is 19.4 Å². The van der Waals surface area contributed by atoms with E-state index >= 15 is 0 Å². The summed E-state index contributed by atoms with van der Waals surface area (Å²) in [6, 6.07) is 13.5. The van der Waals surface area contributed by atoms with Crippen molar-refractivity contribution in [2.24, 2.45) is 7.05 Å². The maximum absolute atomic E-state index is 13.1. The number of imidazole rings is 1. The van der Waals surface area contributed by atoms with Crippen molar-refractivity contribution in [3.05, 3.63) is 60.2 Å². The number of ether oxygens (including phenoxy) is 1. The number of benzene rings is 1. The highest BCUT2D eigenvalue weighted by Crippen LogP contribution is 2.16. The molecule has 3 aromatic rings. The highest BCUT2D eigenvalue weighted by molar-refractivity contribution is 5.92. The van der Waals surface area contributed by atoms with E-state index in [0.717, 1.165) is 49.7 Å². The Hall–Kier alpha value is -2.77. The largest absolute Gasteiger partial charge is 0.370 e. The van der Waals surface area contributed by atoms with Crippen LogP contribution in [0.4, 0.5) is 0 Å². The van der Waals surface area contributed by atoms with E-state index in [1.165, 1.54) is 4.90 Å². The van der Waals surface area contributed by atoms with Gasteiger partial charge in [0.1, 0.15) is 24.6 Å². The zero-order chi connectivity index (χ0) is 19.3. The molecule has 0 saturated carbocycles. The minimum atomic E-state index is -0.0553. The molecule has 0 bridgehead atoms. The lowest BCUT2D eigenvalue weighted by atomic mass is 10.3. The zero-order valence-corrected chi connectivity index (χ0v) is 16.2. The minimum Gasteiger partial charge on any atom is -0.370 e. The first-order valence-corrected chi connectivity index (χ1v) is 9.74. The van der Waals surface area contributed by atoms with E-state index in [2.05, 4.69) is 15.6 Å². The molecule has 1 N–H and O–H groups in total. The van der Waals surface area contributed by atoms with Crippen molar-refractivity contribution in [2.75, 3.05) is 39.4 Å². The van der Waals surface area contributed by atoms with Gasteiger partial charge in [-0.1, -0.05) is 18.2 Å². The molecular formula is C21H26N5O2+. The van der Waals surface area contributed by atoms with Crippen molar-refractivity contribution < 1.29 is 14.4 Å². The van der Waals surface area contributed by atoms with Gasteiger partial charge in [0.25, 0.3) is 5.91 Å². The number of fused-ring (bicyclic) bond motifs is 1. The molecule has 1 saturated heterocycles. The number of aryl methyl sites for hydroxylation is 1. The van der Waals surface area contributed by atoms with Crippen molar-refractivity contribution in [1.29, 1.82) is 0 Å². The zero-order valence-electron chi connectivity index (χ0n) is 16.2. The SMILES string of the molecule is Cn1c(CN(CC[NH+]2CCOCC2)C(=O)c2ccccn2)nc2ccccc21. The number of pyridine rings is 1. The standard InChI is InChI=1S/C21H25N5O2/c1-24-19-8-3-2-6-17(19)23-20(24)16-26(11-10-25-12-14-28-15-13-25)21(27)18-7-4-5-9-22-18/h2-9H,10-16H2,1H3/p+1. The Bertz CT molecular complexity index is 934. The van der Waals surface area contributed by atoms with Crippen LogP contribution >= 0.6 is 0 Å². The Kier molecular flexibility index (Phi) is 5.64. The number of rotatable bonds is 6. The van der Waals surface area contributed by atoms with Gasteiger partial charge in [-0.3, -0.25) is 9.78 Å². The first-order chi connectivity index (χ1) is 13.7. The summed E-state index contributed by atoms with van der Waals surface area (Å²) >= 11 is 0. The van der Waals surface area contributed by atoms with Crippen molar-refractivity contribution in [3.63, 3.8) is 0 Å². The van der Waals surface area contributed by atoms with Crippen LogP contribution in [0, 0.1) is 0 Å². The number of morpholine rings is 1. The number of para-hydroxylation sites is 2. The second-order valence-electron chi connectivity index (χ2n) is 7.13. The quantitative estimate of drug-likeness (QED) is 0.678. The Morgan fingerprint density at radius 3 is 2.71 bits per heavy atom. The van der Waals surface area contributed by atoms with Crippen LogP contribution in [0.3, 0.4) is 0 Å². The molecule has 1 aliphatic rings.